The van der Waals surface area contributed by atoms with Gasteiger partial charge in [-0.2, -0.15) is 9.98 Å². The summed E-state index contributed by atoms with van der Waals surface area (Å²) in [7, 11) is 0. The van der Waals surface area contributed by atoms with Crippen LogP contribution < -0.4 is 0 Å². The molecule has 0 spiro atoms. The first kappa shape index (κ1) is 16.0. The highest BCUT2D eigenvalue weighted by molar-refractivity contribution is 7.78. The minimum atomic E-state index is 0.610. The molecule has 21 heavy (non-hydrogen) atoms. The van der Waals surface area contributed by atoms with Crippen LogP contribution in [0.1, 0.15) is 11.1 Å². The summed E-state index contributed by atoms with van der Waals surface area (Å²) in [5, 5.41) is 5.84. The highest BCUT2D eigenvalue weighted by Crippen LogP contribution is 2.29. The summed E-state index contributed by atoms with van der Waals surface area (Å²) in [6.45, 7) is 0. The lowest BCUT2D eigenvalue weighted by molar-refractivity contribution is 1.19. The summed E-state index contributed by atoms with van der Waals surface area (Å²) < 4.78 is 0. The van der Waals surface area contributed by atoms with Crippen LogP contribution in [0.4, 0.5) is 11.4 Å². The van der Waals surface area contributed by atoms with Gasteiger partial charge in [0.1, 0.15) is 0 Å². The minimum Gasteiger partial charge on any atom is -0.195 e. The van der Waals surface area contributed by atoms with Crippen molar-refractivity contribution in [1.82, 2.24) is 0 Å². The molecule has 2 aromatic carbocycles. The van der Waals surface area contributed by atoms with Gasteiger partial charge >= 0.3 is 0 Å². The zero-order chi connectivity index (χ0) is 15.2. The van der Waals surface area contributed by atoms with Gasteiger partial charge in [0.15, 0.2) is 0 Å². The number of thiocarbonyl (C=S) groups is 2. The van der Waals surface area contributed by atoms with E-state index in [1.807, 2.05) is 24.3 Å². The molecule has 2 rings (SSSR count). The van der Waals surface area contributed by atoms with Crippen molar-refractivity contribution in [1.29, 1.82) is 0 Å². The van der Waals surface area contributed by atoms with Crippen molar-refractivity contribution in [3.05, 3.63) is 57.6 Å². The molecule has 0 aliphatic rings. The van der Waals surface area contributed by atoms with Crippen LogP contribution in [-0.2, 0) is 6.42 Å². The lowest BCUT2D eigenvalue weighted by atomic mass is 10.0. The van der Waals surface area contributed by atoms with Crippen molar-refractivity contribution in [3.8, 4) is 0 Å². The number of aliphatic imine (C=N–C) groups is 2. The third-order valence-corrected chi connectivity index (χ3v) is 3.69. The van der Waals surface area contributed by atoms with Gasteiger partial charge in [-0.1, -0.05) is 35.3 Å². The predicted molar refractivity (Wildman–Crippen MR) is 95.1 cm³/mol. The SMILES string of the molecule is S=C=Nc1ccc(Cc2ccc(N=C=S)cc2Cl)c(Cl)c1. The number of nitrogens with zero attached hydrogens (tertiary/aromatic N) is 2. The molecule has 0 atom stereocenters. The number of hydrogen-bond acceptors (Lipinski definition) is 4. The summed E-state index contributed by atoms with van der Waals surface area (Å²) in [4.78, 5) is 7.78. The fourth-order valence-corrected chi connectivity index (χ4v) is 2.50. The first-order chi connectivity index (χ1) is 10.1. The topological polar surface area (TPSA) is 24.7 Å². The molecule has 2 nitrogen and oxygen atoms in total. The molecule has 2 aromatic rings. The summed E-state index contributed by atoms with van der Waals surface area (Å²) in [5.74, 6) is 0. The molecule has 6 heteroatoms. The highest BCUT2D eigenvalue weighted by atomic mass is 35.5. The Kier molecular flexibility index (Phi) is 5.77. The average molecular weight is 351 g/mol. The smallest absolute Gasteiger partial charge is 0.0754 e. The monoisotopic (exact) mass is 350 g/mol. The Labute approximate surface area is 143 Å². The molecule has 0 fully saturated rings. The number of hydrogen-bond donors (Lipinski definition) is 0. The normalized spacial score (nSPS) is 9.62. The van der Waals surface area contributed by atoms with Crippen molar-refractivity contribution in [2.75, 3.05) is 0 Å². The standard InChI is InChI=1S/C15H8Cl2N2S2/c16-14-6-12(18-8-20)3-1-10(14)5-11-2-4-13(19-9-21)7-15(11)17/h1-4,6-7H,5H2. The van der Waals surface area contributed by atoms with Crippen LogP contribution in [0.5, 0.6) is 0 Å². The third-order valence-electron chi connectivity index (χ3n) is 2.80. The van der Waals surface area contributed by atoms with Gasteiger partial charge in [0.2, 0.25) is 0 Å². The van der Waals surface area contributed by atoms with E-state index < -0.39 is 0 Å². The number of halogens is 2. The molecule has 0 aliphatic carbocycles. The van der Waals surface area contributed by atoms with Crippen LogP contribution in [0.3, 0.4) is 0 Å². The molecule has 0 bridgehead atoms. The lowest BCUT2D eigenvalue weighted by Gasteiger charge is -2.07. The molecule has 0 heterocycles. The van der Waals surface area contributed by atoms with Crippen LogP contribution in [0.2, 0.25) is 10.0 Å². The van der Waals surface area contributed by atoms with E-state index in [0.717, 1.165) is 11.1 Å². The third kappa shape index (κ3) is 4.29. The molecule has 0 aromatic heterocycles. The summed E-state index contributed by atoms with van der Waals surface area (Å²) in [5.41, 5.74) is 3.26. The Morgan fingerprint density at radius 3 is 1.57 bits per heavy atom. The molecule has 0 aliphatic heterocycles. The van der Waals surface area contributed by atoms with Crippen molar-refractivity contribution in [2.24, 2.45) is 9.98 Å². The van der Waals surface area contributed by atoms with E-state index in [2.05, 4.69) is 44.7 Å². The van der Waals surface area contributed by atoms with E-state index >= 15 is 0 Å². The molecule has 0 N–H and O–H groups in total. The van der Waals surface area contributed by atoms with Crippen LogP contribution in [0, 0.1) is 0 Å². The zero-order valence-electron chi connectivity index (χ0n) is 10.6. The Morgan fingerprint density at radius 2 is 1.24 bits per heavy atom. The fraction of sp³-hybridized carbons (Fsp3) is 0.0667. The Hall–Kier alpha value is -1.38. The van der Waals surface area contributed by atoms with Gasteiger partial charge in [-0.25, -0.2) is 0 Å². The maximum absolute atomic E-state index is 6.24. The van der Waals surface area contributed by atoms with E-state index in [4.69, 9.17) is 23.2 Å². The Balaban J connectivity index is 2.29. The van der Waals surface area contributed by atoms with Gasteiger partial charge in [-0.3, -0.25) is 0 Å². The van der Waals surface area contributed by atoms with Crippen LogP contribution >= 0.6 is 47.6 Å². The maximum atomic E-state index is 6.24. The van der Waals surface area contributed by atoms with E-state index in [1.54, 1.807) is 12.1 Å². The second-order valence-corrected chi connectivity index (χ2v) is 5.31. The van der Waals surface area contributed by atoms with Gasteiger partial charge in [-0.15, -0.1) is 0 Å². The number of isothiocyanates is 2. The van der Waals surface area contributed by atoms with Crippen molar-refractivity contribution >= 4 is 69.3 Å². The number of benzene rings is 2. The van der Waals surface area contributed by atoms with E-state index in [-0.39, 0.29) is 0 Å². The first-order valence-electron chi connectivity index (χ1n) is 5.86. The molecule has 0 saturated heterocycles. The largest absolute Gasteiger partial charge is 0.195 e. The predicted octanol–water partition coefficient (Wildman–Crippen LogP) is 6.05. The molecule has 0 amide bonds. The van der Waals surface area contributed by atoms with Gasteiger partial charge in [0.25, 0.3) is 0 Å². The summed E-state index contributed by atoms with van der Waals surface area (Å²) >= 11 is 21.6. The second-order valence-electron chi connectivity index (χ2n) is 4.13. The van der Waals surface area contributed by atoms with Crippen molar-refractivity contribution in [3.63, 3.8) is 0 Å². The zero-order valence-corrected chi connectivity index (χ0v) is 13.8. The molecule has 104 valence electrons. The van der Waals surface area contributed by atoms with E-state index in [1.165, 1.54) is 0 Å². The summed E-state index contributed by atoms with van der Waals surface area (Å²) in [6.07, 6.45) is 0.612. The quantitative estimate of drug-likeness (QED) is 0.494. The van der Waals surface area contributed by atoms with Gasteiger partial charge in [0.05, 0.1) is 21.7 Å². The fourth-order valence-electron chi connectivity index (χ4n) is 1.81. The van der Waals surface area contributed by atoms with Gasteiger partial charge in [-0.05, 0) is 59.8 Å². The Morgan fingerprint density at radius 1 is 0.810 bits per heavy atom. The molecular formula is C15H8Cl2N2S2. The van der Waals surface area contributed by atoms with Crippen molar-refractivity contribution in [2.45, 2.75) is 6.42 Å². The minimum absolute atomic E-state index is 0.610. The maximum Gasteiger partial charge on any atom is 0.0754 e. The highest BCUT2D eigenvalue weighted by Gasteiger charge is 2.07. The van der Waals surface area contributed by atoms with Crippen LogP contribution in [0.15, 0.2) is 46.4 Å². The molecule has 0 radical (unpaired) electrons. The van der Waals surface area contributed by atoms with Crippen molar-refractivity contribution < 1.29 is 0 Å². The number of rotatable bonds is 4. The van der Waals surface area contributed by atoms with E-state index in [0.29, 0.717) is 27.8 Å². The molecule has 0 saturated carbocycles. The average Bonchev–Trinajstić information content (AvgIpc) is 2.45. The molecule has 0 unspecified atom stereocenters. The Bertz CT molecular complexity index is 712. The van der Waals surface area contributed by atoms with E-state index in [9.17, 15) is 0 Å². The molecular weight excluding hydrogens is 343 g/mol. The second kappa shape index (κ2) is 7.58. The first-order valence-corrected chi connectivity index (χ1v) is 7.44. The summed E-state index contributed by atoms with van der Waals surface area (Å²) in [6, 6.07) is 10.9. The van der Waals surface area contributed by atoms with Gasteiger partial charge < -0.3 is 0 Å². The van der Waals surface area contributed by atoms with Gasteiger partial charge in [0, 0.05) is 16.5 Å². The van der Waals surface area contributed by atoms with Crippen LogP contribution in [-0.4, -0.2) is 10.3 Å². The van der Waals surface area contributed by atoms with Crippen LogP contribution in [0.25, 0.3) is 0 Å². The lowest BCUT2D eigenvalue weighted by Crippen LogP contribution is -1.90.